The number of carbonyl (C=O) groups is 2. The van der Waals surface area contributed by atoms with Crippen LogP contribution in [-0.2, 0) is 11.4 Å². The summed E-state index contributed by atoms with van der Waals surface area (Å²) < 4.78 is 5.96. The van der Waals surface area contributed by atoms with Crippen molar-refractivity contribution in [3.8, 4) is 5.75 Å². The first kappa shape index (κ1) is 20.8. The number of aromatic nitrogens is 1. The Kier molecular flexibility index (Phi) is 6.13. The van der Waals surface area contributed by atoms with Crippen LogP contribution in [0.3, 0.4) is 0 Å². The summed E-state index contributed by atoms with van der Waals surface area (Å²) in [5.41, 5.74) is 8.93. The number of benzene rings is 2. The predicted molar refractivity (Wildman–Crippen MR) is 119 cm³/mol. The summed E-state index contributed by atoms with van der Waals surface area (Å²) in [6.07, 6.45) is 0.667. The topological polar surface area (TPSA) is 106 Å². The van der Waals surface area contributed by atoms with Gasteiger partial charge in [-0.3, -0.25) is 14.6 Å². The maximum Gasteiger partial charge on any atom is 0.251 e. The molecule has 1 fully saturated rings. The minimum atomic E-state index is -0.404. The minimum Gasteiger partial charge on any atom is -0.489 e. The minimum absolute atomic E-state index is 0.222. The molecule has 2 heterocycles. The second kappa shape index (κ2) is 9.14. The Labute approximate surface area is 181 Å². The van der Waals surface area contributed by atoms with Gasteiger partial charge in [0.1, 0.15) is 12.4 Å². The molecule has 1 aromatic heterocycles. The first-order valence-corrected chi connectivity index (χ1v) is 10.4. The van der Waals surface area contributed by atoms with Crippen molar-refractivity contribution in [2.24, 2.45) is 11.7 Å². The number of primary amides is 1. The Balaban J connectivity index is 1.41. The molecule has 2 atom stereocenters. The summed E-state index contributed by atoms with van der Waals surface area (Å²) in [4.78, 5) is 28.8. The van der Waals surface area contributed by atoms with E-state index >= 15 is 0 Å². The SMILES string of the molecule is Cc1cc(COc2ccc(C(=O)NC3CCNCC3C(N)=O)cc2)c2ccccc2n1. The van der Waals surface area contributed by atoms with E-state index < -0.39 is 11.8 Å². The maximum atomic E-state index is 12.6. The number of fused-ring (bicyclic) bond motifs is 1. The molecule has 1 saturated heterocycles. The molecule has 4 rings (SSSR count). The Morgan fingerprint density at radius 1 is 1.19 bits per heavy atom. The summed E-state index contributed by atoms with van der Waals surface area (Å²) in [5, 5.41) is 7.14. The molecule has 4 N–H and O–H groups in total. The van der Waals surface area contributed by atoms with Crippen LogP contribution in [0.25, 0.3) is 10.9 Å². The maximum absolute atomic E-state index is 12.6. The van der Waals surface area contributed by atoms with Gasteiger partial charge in [0.15, 0.2) is 0 Å². The number of hydrogen-bond acceptors (Lipinski definition) is 5. The highest BCUT2D eigenvalue weighted by atomic mass is 16.5. The number of ether oxygens (including phenoxy) is 1. The molecule has 7 heteroatoms. The number of carbonyl (C=O) groups excluding carboxylic acids is 2. The largest absolute Gasteiger partial charge is 0.489 e. The third-order valence-corrected chi connectivity index (χ3v) is 5.60. The van der Waals surface area contributed by atoms with Gasteiger partial charge in [-0.15, -0.1) is 0 Å². The van der Waals surface area contributed by atoms with Crippen molar-refractivity contribution in [3.05, 3.63) is 71.4 Å². The third kappa shape index (κ3) is 4.83. The molecule has 3 aromatic rings. The monoisotopic (exact) mass is 418 g/mol. The van der Waals surface area contributed by atoms with Gasteiger partial charge >= 0.3 is 0 Å². The van der Waals surface area contributed by atoms with Crippen LogP contribution >= 0.6 is 0 Å². The number of pyridine rings is 1. The molecule has 7 nitrogen and oxygen atoms in total. The van der Waals surface area contributed by atoms with Crippen molar-refractivity contribution >= 4 is 22.7 Å². The van der Waals surface area contributed by atoms with Crippen LogP contribution in [0.15, 0.2) is 54.6 Å². The fraction of sp³-hybridized carbons (Fsp3) is 0.292. The third-order valence-electron chi connectivity index (χ3n) is 5.60. The number of amides is 2. The zero-order chi connectivity index (χ0) is 21.8. The molecule has 2 aromatic carbocycles. The molecule has 0 spiro atoms. The van der Waals surface area contributed by atoms with Gasteiger partial charge < -0.3 is 21.1 Å². The molecule has 1 aliphatic heterocycles. The van der Waals surface area contributed by atoms with E-state index in [-0.39, 0.29) is 11.9 Å². The summed E-state index contributed by atoms with van der Waals surface area (Å²) in [6.45, 7) is 3.60. The molecule has 0 aliphatic carbocycles. The lowest BCUT2D eigenvalue weighted by Crippen LogP contribution is -2.53. The fourth-order valence-corrected chi connectivity index (χ4v) is 3.96. The Morgan fingerprint density at radius 2 is 1.97 bits per heavy atom. The second-order valence-electron chi connectivity index (χ2n) is 7.83. The van der Waals surface area contributed by atoms with Crippen molar-refractivity contribution in [2.75, 3.05) is 13.1 Å². The quantitative estimate of drug-likeness (QED) is 0.570. The predicted octanol–water partition coefficient (Wildman–Crippen LogP) is 2.32. The van der Waals surface area contributed by atoms with E-state index in [9.17, 15) is 9.59 Å². The lowest BCUT2D eigenvalue weighted by molar-refractivity contribution is -0.122. The number of para-hydroxylation sites is 1. The van der Waals surface area contributed by atoms with E-state index in [1.165, 1.54) is 0 Å². The Hall–Kier alpha value is -3.45. The van der Waals surface area contributed by atoms with Gasteiger partial charge in [-0.2, -0.15) is 0 Å². The second-order valence-corrected chi connectivity index (χ2v) is 7.83. The van der Waals surface area contributed by atoms with Gasteiger partial charge in [0, 0.05) is 34.8 Å². The van der Waals surface area contributed by atoms with Crippen molar-refractivity contribution in [1.29, 1.82) is 0 Å². The summed E-state index contributed by atoms with van der Waals surface area (Å²) in [6, 6.07) is 16.8. The first-order chi connectivity index (χ1) is 15.0. The van der Waals surface area contributed by atoms with Crippen LogP contribution in [0.5, 0.6) is 5.75 Å². The number of piperidine rings is 1. The smallest absolute Gasteiger partial charge is 0.251 e. The normalized spacial score (nSPS) is 18.5. The molecule has 2 unspecified atom stereocenters. The molecule has 0 saturated carbocycles. The zero-order valence-electron chi connectivity index (χ0n) is 17.4. The van der Waals surface area contributed by atoms with Crippen LogP contribution in [0.2, 0.25) is 0 Å². The van der Waals surface area contributed by atoms with Crippen LogP contribution in [0, 0.1) is 12.8 Å². The summed E-state index contributed by atoms with van der Waals surface area (Å²) in [5.74, 6) is -0.355. The van der Waals surface area contributed by atoms with Gasteiger partial charge in [0.2, 0.25) is 5.91 Å². The van der Waals surface area contributed by atoms with Gasteiger partial charge in [0.05, 0.1) is 11.4 Å². The number of rotatable bonds is 6. The van der Waals surface area contributed by atoms with Crippen LogP contribution in [-0.4, -0.2) is 35.9 Å². The van der Waals surface area contributed by atoms with Crippen molar-refractivity contribution in [3.63, 3.8) is 0 Å². The van der Waals surface area contributed by atoms with Crippen LogP contribution < -0.4 is 21.1 Å². The van der Waals surface area contributed by atoms with Gasteiger partial charge in [-0.1, -0.05) is 18.2 Å². The highest BCUT2D eigenvalue weighted by Gasteiger charge is 2.30. The van der Waals surface area contributed by atoms with Gasteiger partial charge in [-0.25, -0.2) is 0 Å². The van der Waals surface area contributed by atoms with E-state index in [4.69, 9.17) is 10.5 Å². The van der Waals surface area contributed by atoms with E-state index in [0.717, 1.165) is 28.7 Å². The Morgan fingerprint density at radius 3 is 2.74 bits per heavy atom. The molecule has 2 amide bonds. The average Bonchev–Trinajstić information content (AvgIpc) is 2.78. The highest BCUT2D eigenvalue weighted by molar-refractivity contribution is 5.95. The molecule has 160 valence electrons. The number of nitrogens with zero attached hydrogens (tertiary/aromatic N) is 1. The molecule has 31 heavy (non-hydrogen) atoms. The van der Waals surface area contributed by atoms with E-state index in [1.54, 1.807) is 24.3 Å². The van der Waals surface area contributed by atoms with Crippen molar-refractivity contribution in [2.45, 2.75) is 26.0 Å². The number of nitrogens with one attached hydrogen (secondary N) is 2. The van der Waals surface area contributed by atoms with Crippen molar-refractivity contribution < 1.29 is 14.3 Å². The molecule has 0 bridgehead atoms. The van der Waals surface area contributed by atoms with Gasteiger partial charge in [0.25, 0.3) is 5.91 Å². The molecule has 1 aliphatic rings. The van der Waals surface area contributed by atoms with Crippen LogP contribution in [0.4, 0.5) is 0 Å². The lowest BCUT2D eigenvalue weighted by Gasteiger charge is -2.30. The number of nitrogens with two attached hydrogens (primary N) is 1. The fourth-order valence-electron chi connectivity index (χ4n) is 3.96. The van der Waals surface area contributed by atoms with E-state index in [2.05, 4.69) is 15.6 Å². The van der Waals surface area contributed by atoms with E-state index in [0.29, 0.717) is 30.9 Å². The highest BCUT2D eigenvalue weighted by Crippen LogP contribution is 2.21. The number of hydrogen-bond donors (Lipinski definition) is 3. The molecule has 0 radical (unpaired) electrons. The van der Waals surface area contributed by atoms with E-state index in [1.807, 2.05) is 37.3 Å². The first-order valence-electron chi connectivity index (χ1n) is 10.4. The lowest BCUT2D eigenvalue weighted by atomic mass is 9.92. The standard InChI is InChI=1S/C24H26N4O3/c1-15-12-17(19-4-2-3-5-21(19)27-15)14-31-18-8-6-16(7-9-18)24(30)28-22-10-11-26-13-20(22)23(25)29/h2-9,12,20,22,26H,10-11,13-14H2,1H3,(H2,25,29)(H,28,30). The summed E-state index contributed by atoms with van der Waals surface area (Å²) >= 11 is 0. The van der Waals surface area contributed by atoms with Gasteiger partial charge in [-0.05, 0) is 56.3 Å². The van der Waals surface area contributed by atoms with Crippen LogP contribution in [0.1, 0.15) is 28.0 Å². The van der Waals surface area contributed by atoms with Crippen molar-refractivity contribution in [1.82, 2.24) is 15.6 Å². The molecular weight excluding hydrogens is 392 g/mol. The zero-order valence-corrected chi connectivity index (χ0v) is 17.4. The summed E-state index contributed by atoms with van der Waals surface area (Å²) in [7, 11) is 0. The Bertz CT molecular complexity index is 1100. The molecular formula is C24H26N4O3. The number of aryl methyl sites for hydroxylation is 1. The average molecular weight is 418 g/mol.